The predicted molar refractivity (Wildman–Crippen MR) is 84.3 cm³/mol. The molecule has 7 nitrogen and oxygen atoms in total. The number of carbonyl (C=O) groups is 1. The highest BCUT2D eigenvalue weighted by molar-refractivity contribution is 5.96. The first kappa shape index (κ1) is 14.7. The maximum absolute atomic E-state index is 12.3. The summed E-state index contributed by atoms with van der Waals surface area (Å²) in [5.74, 6) is -0.0729. The normalized spacial score (nSPS) is 10.5. The van der Waals surface area contributed by atoms with Crippen molar-refractivity contribution in [3.8, 4) is 5.88 Å². The minimum Gasteiger partial charge on any atom is -0.480 e. The summed E-state index contributed by atoms with van der Waals surface area (Å²) in [5.41, 5.74) is 0.657. The number of ether oxygens (including phenoxy) is 1. The third-order valence-electron chi connectivity index (χ3n) is 3.40. The lowest BCUT2D eigenvalue weighted by Gasteiger charge is -2.09. The van der Waals surface area contributed by atoms with Crippen molar-refractivity contribution in [2.24, 2.45) is 0 Å². The molecule has 7 heteroatoms. The molecule has 2 heterocycles. The van der Waals surface area contributed by atoms with Gasteiger partial charge in [-0.2, -0.15) is 5.10 Å². The van der Waals surface area contributed by atoms with E-state index in [4.69, 9.17) is 4.74 Å². The summed E-state index contributed by atoms with van der Waals surface area (Å²) in [7, 11) is 1.45. The van der Waals surface area contributed by atoms with Gasteiger partial charge in [0.1, 0.15) is 5.56 Å². The zero-order chi connectivity index (χ0) is 16.2. The standard InChI is InChI=1S/C16H14N4O3/c1-23-16-12(7-4-8-17-16)14(21)18-9-13-10-5-2-3-6-11(10)15(22)20-19-13/h2-8H,9H2,1H3,(H,18,21)(H,20,22). The first-order chi connectivity index (χ1) is 11.2. The van der Waals surface area contributed by atoms with Gasteiger partial charge in [0, 0.05) is 11.6 Å². The zero-order valence-corrected chi connectivity index (χ0v) is 12.4. The molecule has 0 aliphatic carbocycles. The second kappa shape index (κ2) is 6.27. The number of fused-ring (bicyclic) bond motifs is 1. The molecule has 2 N–H and O–H groups in total. The molecular formula is C16H14N4O3. The molecule has 0 unspecified atom stereocenters. The van der Waals surface area contributed by atoms with Gasteiger partial charge in [-0.3, -0.25) is 9.59 Å². The van der Waals surface area contributed by atoms with Crippen molar-refractivity contribution in [2.75, 3.05) is 7.11 Å². The van der Waals surface area contributed by atoms with E-state index in [1.165, 1.54) is 7.11 Å². The Hall–Kier alpha value is -3.22. The van der Waals surface area contributed by atoms with Crippen molar-refractivity contribution in [3.05, 3.63) is 64.2 Å². The van der Waals surface area contributed by atoms with E-state index in [0.717, 1.165) is 0 Å². The van der Waals surface area contributed by atoms with Gasteiger partial charge in [-0.15, -0.1) is 0 Å². The lowest BCUT2D eigenvalue weighted by molar-refractivity contribution is 0.0946. The van der Waals surface area contributed by atoms with Gasteiger partial charge in [-0.05, 0) is 18.2 Å². The number of nitrogens with one attached hydrogen (secondary N) is 2. The van der Waals surface area contributed by atoms with Crippen molar-refractivity contribution in [2.45, 2.75) is 6.54 Å². The van der Waals surface area contributed by atoms with E-state index in [2.05, 4.69) is 20.5 Å². The third-order valence-corrected chi connectivity index (χ3v) is 3.40. The first-order valence-electron chi connectivity index (χ1n) is 6.94. The Morgan fingerprint density at radius 1 is 1.22 bits per heavy atom. The maximum atomic E-state index is 12.3. The highest BCUT2D eigenvalue weighted by Crippen LogP contribution is 2.15. The first-order valence-corrected chi connectivity index (χ1v) is 6.94. The molecule has 0 radical (unpaired) electrons. The second-order valence-electron chi connectivity index (χ2n) is 4.79. The van der Waals surface area contributed by atoms with Crippen LogP contribution in [-0.2, 0) is 6.54 Å². The molecule has 0 bridgehead atoms. The maximum Gasteiger partial charge on any atom is 0.272 e. The largest absolute Gasteiger partial charge is 0.480 e. The molecule has 116 valence electrons. The lowest BCUT2D eigenvalue weighted by Crippen LogP contribution is -2.25. The van der Waals surface area contributed by atoms with Gasteiger partial charge in [0.15, 0.2) is 0 Å². The molecular weight excluding hydrogens is 296 g/mol. The minimum atomic E-state index is -0.327. The number of benzene rings is 1. The number of amides is 1. The van der Waals surface area contributed by atoms with Crippen LogP contribution in [0.4, 0.5) is 0 Å². The van der Waals surface area contributed by atoms with Crippen LogP contribution in [0.15, 0.2) is 47.4 Å². The number of aromatic nitrogens is 3. The summed E-state index contributed by atoms with van der Waals surface area (Å²) in [6.07, 6.45) is 1.55. The molecule has 0 saturated heterocycles. The SMILES string of the molecule is COc1ncccc1C(=O)NCc1n[nH]c(=O)c2ccccc12. The number of hydrogen-bond donors (Lipinski definition) is 2. The smallest absolute Gasteiger partial charge is 0.272 e. The molecule has 0 saturated carbocycles. The molecule has 0 spiro atoms. The average Bonchev–Trinajstić information content (AvgIpc) is 2.61. The average molecular weight is 310 g/mol. The number of methoxy groups -OCH3 is 1. The molecule has 3 rings (SSSR count). The van der Waals surface area contributed by atoms with Crippen LogP contribution >= 0.6 is 0 Å². The van der Waals surface area contributed by atoms with E-state index in [1.54, 1.807) is 36.5 Å². The van der Waals surface area contributed by atoms with Gasteiger partial charge >= 0.3 is 0 Å². The minimum absolute atomic E-state index is 0.175. The summed E-state index contributed by atoms with van der Waals surface area (Å²) in [5, 5.41) is 10.4. The molecule has 1 amide bonds. The van der Waals surface area contributed by atoms with Crippen molar-refractivity contribution < 1.29 is 9.53 Å². The molecule has 0 atom stereocenters. The molecule has 1 aromatic carbocycles. The summed E-state index contributed by atoms with van der Waals surface area (Å²) in [4.78, 5) is 28.0. The number of nitrogens with zero attached hydrogens (tertiary/aromatic N) is 2. The fourth-order valence-electron chi connectivity index (χ4n) is 2.29. The van der Waals surface area contributed by atoms with Gasteiger partial charge in [-0.1, -0.05) is 18.2 Å². The Kier molecular flexibility index (Phi) is 4.01. The van der Waals surface area contributed by atoms with Gasteiger partial charge in [0.25, 0.3) is 11.5 Å². The Labute approximate surface area is 131 Å². The molecule has 0 aliphatic rings. The van der Waals surface area contributed by atoms with Crippen LogP contribution in [0.3, 0.4) is 0 Å². The molecule has 0 fully saturated rings. The molecule has 0 aliphatic heterocycles. The molecule has 2 aromatic heterocycles. The predicted octanol–water partition coefficient (Wildman–Crippen LogP) is 1.26. The fourth-order valence-corrected chi connectivity index (χ4v) is 2.29. The van der Waals surface area contributed by atoms with Gasteiger partial charge < -0.3 is 10.1 Å². The summed E-state index contributed by atoms with van der Waals surface area (Å²) in [6.45, 7) is 0.175. The number of H-pyrrole nitrogens is 1. The van der Waals surface area contributed by atoms with Gasteiger partial charge in [-0.25, -0.2) is 10.1 Å². The van der Waals surface area contributed by atoms with Crippen molar-refractivity contribution in [3.63, 3.8) is 0 Å². The fraction of sp³-hybridized carbons (Fsp3) is 0.125. The quantitative estimate of drug-likeness (QED) is 0.756. The Morgan fingerprint density at radius 3 is 2.78 bits per heavy atom. The molecule has 3 aromatic rings. The van der Waals surface area contributed by atoms with E-state index in [9.17, 15) is 9.59 Å². The number of aromatic amines is 1. The van der Waals surface area contributed by atoms with Gasteiger partial charge in [0.2, 0.25) is 5.88 Å². The number of pyridine rings is 1. The topological polar surface area (TPSA) is 97.0 Å². The number of carbonyl (C=O) groups excluding carboxylic acids is 1. The summed E-state index contributed by atoms with van der Waals surface area (Å²) in [6, 6.07) is 10.4. The van der Waals surface area contributed by atoms with Crippen LogP contribution in [0.1, 0.15) is 16.1 Å². The highest BCUT2D eigenvalue weighted by Gasteiger charge is 2.13. The number of rotatable bonds is 4. The van der Waals surface area contributed by atoms with Crippen LogP contribution in [0.2, 0.25) is 0 Å². The van der Waals surface area contributed by atoms with E-state index in [0.29, 0.717) is 22.0 Å². The lowest BCUT2D eigenvalue weighted by atomic mass is 10.1. The van der Waals surface area contributed by atoms with Crippen molar-refractivity contribution >= 4 is 16.7 Å². The Bertz CT molecular complexity index is 920. The Morgan fingerprint density at radius 2 is 2.00 bits per heavy atom. The van der Waals surface area contributed by atoms with E-state index in [-0.39, 0.29) is 23.9 Å². The van der Waals surface area contributed by atoms with Crippen LogP contribution in [0.25, 0.3) is 10.8 Å². The van der Waals surface area contributed by atoms with Gasteiger partial charge in [0.05, 0.1) is 24.7 Å². The third kappa shape index (κ3) is 2.89. The van der Waals surface area contributed by atoms with Crippen LogP contribution < -0.4 is 15.6 Å². The van der Waals surface area contributed by atoms with Crippen LogP contribution in [0.5, 0.6) is 5.88 Å². The highest BCUT2D eigenvalue weighted by atomic mass is 16.5. The van der Waals surface area contributed by atoms with E-state index in [1.807, 2.05) is 6.07 Å². The van der Waals surface area contributed by atoms with E-state index >= 15 is 0 Å². The van der Waals surface area contributed by atoms with Crippen LogP contribution in [0, 0.1) is 0 Å². The summed E-state index contributed by atoms with van der Waals surface area (Å²) >= 11 is 0. The Balaban J connectivity index is 1.85. The van der Waals surface area contributed by atoms with E-state index < -0.39 is 0 Å². The second-order valence-corrected chi connectivity index (χ2v) is 4.79. The van der Waals surface area contributed by atoms with Crippen molar-refractivity contribution in [1.82, 2.24) is 20.5 Å². The van der Waals surface area contributed by atoms with Crippen molar-refractivity contribution in [1.29, 1.82) is 0 Å². The molecule has 23 heavy (non-hydrogen) atoms. The monoisotopic (exact) mass is 310 g/mol. The zero-order valence-electron chi connectivity index (χ0n) is 12.4. The van der Waals surface area contributed by atoms with Crippen LogP contribution in [-0.4, -0.2) is 28.2 Å². The number of hydrogen-bond acceptors (Lipinski definition) is 5. The summed E-state index contributed by atoms with van der Waals surface area (Å²) < 4.78 is 5.07.